The molecular formula is C34H37N5O5. The number of carbonyl (C=O) groups excluding carboxylic acids is 3. The number of carbonyl (C=O) groups is 3. The molecule has 1 heterocycles. The topological polar surface area (TPSA) is 123 Å². The van der Waals surface area contributed by atoms with Crippen LogP contribution in [-0.4, -0.2) is 71.8 Å². The maximum atomic E-state index is 13.7. The first kappa shape index (κ1) is 30.4. The van der Waals surface area contributed by atoms with Gasteiger partial charge >= 0.3 is 12.1 Å². The van der Waals surface area contributed by atoms with Gasteiger partial charge in [-0.2, -0.15) is 0 Å². The second-order valence-electron chi connectivity index (χ2n) is 11.1. The minimum atomic E-state index is -0.473. The van der Waals surface area contributed by atoms with Crippen molar-refractivity contribution >= 4 is 45.8 Å². The molecule has 1 aliphatic rings. The molecule has 10 heteroatoms. The number of urea groups is 2. The number of fused-ring (bicyclic) bond motifs is 2. The maximum absolute atomic E-state index is 13.7. The SMILES string of the molecule is C[C@@H]1CN([C@@H](C)CO)C(=O)c2cc(NC(=O)Nc3ccccc3)ccc2O[C@@H]1CN(C)C(=O)Nc1cccc2ccccc12. The molecule has 0 aromatic heterocycles. The molecule has 3 atom stereocenters. The van der Waals surface area contributed by atoms with Crippen molar-refractivity contribution < 1.29 is 24.2 Å². The number of amides is 5. The predicted octanol–water partition coefficient (Wildman–Crippen LogP) is 5.87. The van der Waals surface area contributed by atoms with E-state index < -0.39 is 18.2 Å². The molecule has 4 N–H and O–H groups in total. The molecule has 5 amide bonds. The van der Waals surface area contributed by atoms with E-state index in [1.54, 1.807) is 54.1 Å². The van der Waals surface area contributed by atoms with Gasteiger partial charge in [-0.15, -0.1) is 0 Å². The number of anilines is 3. The number of nitrogens with zero attached hydrogens (tertiary/aromatic N) is 2. The van der Waals surface area contributed by atoms with Crippen LogP contribution in [0.4, 0.5) is 26.7 Å². The molecule has 10 nitrogen and oxygen atoms in total. The quantitative estimate of drug-likeness (QED) is 0.213. The largest absolute Gasteiger partial charge is 0.487 e. The van der Waals surface area contributed by atoms with E-state index in [0.29, 0.717) is 29.4 Å². The van der Waals surface area contributed by atoms with E-state index >= 15 is 0 Å². The van der Waals surface area contributed by atoms with Crippen molar-refractivity contribution in [1.29, 1.82) is 0 Å². The third kappa shape index (κ3) is 6.92. The Hall–Kier alpha value is -5.09. The Balaban J connectivity index is 1.36. The van der Waals surface area contributed by atoms with Crippen molar-refractivity contribution in [2.45, 2.75) is 26.0 Å². The zero-order valence-electron chi connectivity index (χ0n) is 25.0. The average Bonchev–Trinajstić information content (AvgIpc) is 3.03. The predicted molar refractivity (Wildman–Crippen MR) is 172 cm³/mol. The van der Waals surface area contributed by atoms with Crippen LogP contribution in [0, 0.1) is 5.92 Å². The summed E-state index contributed by atoms with van der Waals surface area (Å²) in [5.41, 5.74) is 2.00. The number of ether oxygens (including phenoxy) is 1. The van der Waals surface area contributed by atoms with Crippen molar-refractivity contribution in [3.05, 3.63) is 96.6 Å². The molecule has 0 radical (unpaired) electrons. The number of benzene rings is 4. The molecule has 44 heavy (non-hydrogen) atoms. The molecule has 5 rings (SSSR count). The van der Waals surface area contributed by atoms with E-state index in [1.165, 1.54) is 0 Å². The summed E-state index contributed by atoms with van der Waals surface area (Å²) in [6.45, 7) is 4.06. The summed E-state index contributed by atoms with van der Waals surface area (Å²) < 4.78 is 6.42. The second kappa shape index (κ2) is 13.5. The molecule has 0 aliphatic carbocycles. The molecule has 0 bridgehead atoms. The van der Waals surface area contributed by atoms with Crippen LogP contribution in [0.2, 0.25) is 0 Å². The Morgan fingerprint density at radius 1 is 0.955 bits per heavy atom. The zero-order valence-corrected chi connectivity index (χ0v) is 25.0. The summed E-state index contributed by atoms with van der Waals surface area (Å²) in [5, 5.41) is 20.5. The van der Waals surface area contributed by atoms with Crippen LogP contribution in [-0.2, 0) is 0 Å². The number of hydrogen-bond donors (Lipinski definition) is 4. The fraction of sp³-hybridized carbons (Fsp3) is 0.265. The molecule has 0 unspecified atom stereocenters. The number of nitrogens with one attached hydrogen (secondary N) is 3. The van der Waals surface area contributed by atoms with Crippen LogP contribution in [0.3, 0.4) is 0 Å². The summed E-state index contributed by atoms with van der Waals surface area (Å²) in [6.07, 6.45) is -0.473. The van der Waals surface area contributed by atoms with Crippen molar-refractivity contribution in [2.24, 2.45) is 5.92 Å². The van der Waals surface area contributed by atoms with E-state index in [1.807, 2.05) is 67.6 Å². The Bertz CT molecular complexity index is 1640. The van der Waals surface area contributed by atoms with Gasteiger partial charge in [-0.1, -0.05) is 61.5 Å². The fourth-order valence-electron chi connectivity index (χ4n) is 5.23. The van der Waals surface area contributed by atoms with Gasteiger partial charge in [0.1, 0.15) is 11.9 Å². The zero-order chi connectivity index (χ0) is 31.2. The van der Waals surface area contributed by atoms with Crippen molar-refractivity contribution in [3.8, 4) is 5.75 Å². The molecule has 0 saturated heterocycles. The lowest BCUT2D eigenvalue weighted by Gasteiger charge is -2.38. The fourth-order valence-corrected chi connectivity index (χ4v) is 5.23. The van der Waals surface area contributed by atoms with Gasteiger partial charge in [-0.05, 0) is 48.7 Å². The van der Waals surface area contributed by atoms with Gasteiger partial charge in [-0.25, -0.2) is 9.59 Å². The highest BCUT2D eigenvalue weighted by atomic mass is 16.5. The lowest BCUT2D eigenvalue weighted by atomic mass is 9.99. The van der Waals surface area contributed by atoms with E-state index in [-0.39, 0.29) is 36.6 Å². The van der Waals surface area contributed by atoms with Crippen LogP contribution < -0.4 is 20.7 Å². The highest BCUT2D eigenvalue weighted by molar-refractivity contribution is 6.03. The van der Waals surface area contributed by atoms with Gasteiger partial charge in [0.15, 0.2) is 0 Å². The summed E-state index contributed by atoms with van der Waals surface area (Å²) in [6, 6.07) is 26.3. The van der Waals surface area contributed by atoms with Crippen molar-refractivity contribution in [1.82, 2.24) is 9.80 Å². The third-order valence-electron chi connectivity index (χ3n) is 7.79. The Labute approximate surface area is 256 Å². The van der Waals surface area contributed by atoms with E-state index in [2.05, 4.69) is 16.0 Å². The van der Waals surface area contributed by atoms with Gasteiger partial charge in [-0.3, -0.25) is 4.79 Å². The first-order valence-electron chi connectivity index (χ1n) is 14.6. The standard InChI is InChI=1S/C34H37N5O5/c1-22-19-39(23(2)21-40)32(41)28-18-26(36-33(42)35-25-12-5-4-6-13-25)16-17-30(28)44-31(22)20-38(3)34(43)37-29-15-9-11-24-10-7-8-14-27(24)29/h4-18,22-23,31,40H,19-21H2,1-3H3,(H,37,43)(H2,35,36,42)/t22-,23+,31-/m1/s1. The maximum Gasteiger partial charge on any atom is 0.323 e. The normalized spacial score (nSPS) is 17.0. The van der Waals surface area contributed by atoms with Crippen LogP contribution >= 0.6 is 0 Å². The second-order valence-corrected chi connectivity index (χ2v) is 11.1. The molecule has 4 aromatic rings. The molecule has 0 spiro atoms. The lowest BCUT2D eigenvalue weighted by Crippen LogP contribution is -2.50. The van der Waals surface area contributed by atoms with E-state index in [9.17, 15) is 19.5 Å². The Kier molecular flexibility index (Phi) is 9.30. The third-order valence-corrected chi connectivity index (χ3v) is 7.79. The Morgan fingerprint density at radius 2 is 1.66 bits per heavy atom. The number of rotatable bonds is 7. The molecule has 0 saturated carbocycles. The monoisotopic (exact) mass is 595 g/mol. The minimum Gasteiger partial charge on any atom is -0.487 e. The van der Waals surface area contributed by atoms with Gasteiger partial charge in [0.05, 0.1) is 30.4 Å². The van der Waals surface area contributed by atoms with Crippen molar-refractivity contribution in [2.75, 3.05) is 42.7 Å². The number of para-hydroxylation sites is 1. The summed E-state index contributed by atoms with van der Waals surface area (Å²) in [5.74, 6) is -0.164. The van der Waals surface area contributed by atoms with Crippen molar-refractivity contribution in [3.63, 3.8) is 0 Å². The number of hydrogen-bond acceptors (Lipinski definition) is 5. The van der Waals surface area contributed by atoms with Gasteiger partial charge in [0.25, 0.3) is 5.91 Å². The first-order valence-corrected chi connectivity index (χ1v) is 14.6. The van der Waals surface area contributed by atoms with Crippen LogP contribution in [0.1, 0.15) is 24.2 Å². The molecule has 1 aliphatic heterocycles. The number of aliphatic hydroxyl groups excluding tert-OH is 1. The van der Waals surface area contributed by atoms with Gasteiger partial charge < -0.3 is 35.6 Å². The highest BCUT2D eigenvalue weighted by Gasteiger charge is 2.34. The number of aliphatic hydroxyl groups is 1. The molecule has 0 fully saturated rings. The average molecular weight is 596 g/mol. The van der Waals surface area contributed by atoms with Crippen LogP contribution in [0.5, 0.6) is 5.75 Å². The lowest BCUT2D eigenvalue weighted by molar-refractivity contribution is 0.0371. The highest BCUT2D eigenvalue weighted by Crippen LogP contribution is 2.31. The van der Waals surface area contributed by atoms with E-state index in [0.717, 1.165) is 10.8 Å². The molecule has 228 valence electrons. The van der Waals surface area contributed by atoms with Gasteiger partial charge in [0, 0.05) is 36.3 Å². The number of likely N-dealkylation sites (N-methyl/N-ethyl adjacent to an activating group) is 1. The van der Waals surface area contributed by atoms with Crippen LogP contribution in [0.15, 0.2) is 91.0 Å². The Morgan fingerprint density at radius 3 is 2.43 bits per heavy atom. The summed E-state index contributed by atoms with van der Waals surface area (Å²) in [4.78, 5) is 42.9. The molecular weight excluding hydrogens is 558 g/mol. The summed E-state index contributed by atoms with van der Waals surface area (Å²) >= 11 is 0. The van der Waals surface area contributed by atoms with Crippen LogP contribution in [0.25, 0.3) is 10.8 Å². The molecule has 4 aromatic carbocycles. The van der Waals surface area contributed by atoms with Gasteiger partial charge in [0.2, 0.25) is 0 Å². The first-order chi connectivity index (χ1) is 21.2. The minimum absolute atomic E-state index is 0.177. The smallest absolute Gasteiger partial charge is 0.323 e. The summed E-state index contributed by atoms with van der Waals surface area (Å²) in [7, 11) is 1.70. The van der Waals surface area contributed by atoms with E-state index in [4.69, 9.17) is 4.74 Å².